The SMILES string of the molecule is CCC(CCCCC(C)C)N(O)O. The van der Waals surface area contributed by atoms with Gasteiger partial charge in [-0.15, -0.1) is 0 Å². The minimum atomic E-state index is -0.0906. The number of hydrogen-bond acceptors (Lipinski definition) is 3. The topological polar surface area (TPSA) is 43.7 Å². The van der Waals surface area contributed by atoms with Crippen molar-refractivity contribution in [2.24, 2.45) is 5.92 Å². The molecular formula is C10H23NO2. The van der Waals surface area contributed by atoms with Gasteiger partial charge in [0, 0.05) is 0 Å². The fourth-order valence-corrected chi connectivity index (χ4v) is 1.42. The van der Waals surface area contributed by atoms with Gasteiger partial charge in [-0.2, -0.15) is 0 Å². The van der Waals surface area contributed by atoms with Crippen LogP contribution in [0.4, 0.5) is 0 Å². The normalized spacial score (nSPS) is 14.1. The average molecular weight is 189 g/mol. The van der Waals surface area contributed by atoms with Crippen LogP contribution in [-0.4, -0.2) is 21.7 Å². The summed E-state index contributed by atoms with van der Waals surface area (Å²) in [5.74, 6) is 0.749. The molecule has 0 aromatic heterocycles. The number of rotatable bonds is 7. The third-order valence-corrected chi connectivity index (χ3v) is 2.37. The molecule has 0 aromatic rings. The molecule has 0 aliphatic heterocycles. The van der Waals surface area contributed by atoms with Crippen LogP contribution in [0.5, 0.6) is 0 Å². The minimum Gasteiger partial charge on any atom is -0.289 e. The van der Waals surface area contributed by atoms with E-state index in [9.17, 15) is 0 Å². The van der Waals surface area contributed by atoms with Crippen molar-refractivity contribution in [2.45, 2.75) is 58.9 Å². The monoisotopic (exact) mass is 189 g/mol. The standard InChI is InChI=1S/C10H23NO2/c1-4-10(11(12)13)8-6-5-7-9(2)3/h9-10,12-13H,4-8H2,1-3H3. The molecule has 0 fully saturated rings. The third-order valence-electron chi connectivity index (χ3n) is 2.37. The molecule has 13 heavy (non-hydrogen) atoms. The maximum Gasteiger partial charge on any atom is 0.0621 e. The minimum absolute atomic E-state index is 0.0906. The van der Waals surface area contributed by atoms with Crippen molar-refractivity contribution in [3.63, 3.8) is 0 Å². The molecule has 0 spiro atoms. The average Bonchev–Trinajstić information content (AvgIpc) is 2.03. The van der Waals surface area contributed by atoms with E-state index in [1.165, 1.54) is 12.8 Å². The molecule has 0 aromatic carbocycles. The lowest BCUT2D eigenvalue weighted by atomic mass is 10.0. The highest BCUT2D eigenvalue weighted by Crippen LogP contribution is 2.13. The van der Waals surface area contributed by atoms with E-state index in [1.807, 2.05) is 6.92 Å². The summed E-state index contributed by atoms with van der Waals surface area (Å²) in [7, 11) is 0. The molecule has 1 unspecified atom stereocenters. The Morgan fingerprint density at radius 2 is 1.62 bits per heavy atom. The molecule has 0 bridgehead atoms. The zero-order valence-electron chi connectivity index (χ0n) is 9.03. The van der Waals surface area contributed by atoms with Gasteiger partial charge in [-0.05, 0) is 18.8 Å². The van der Waals surface area contributed by atoms with Gasteiger partial charge in [0.15, 0.2) is 0 Å². The first-order valence-electron chi connectivity index (χ1n) is 5.24. The second-order valence-corrected chi connectivity index (χ2v) is 4.06. The summed E-state index contributed by atoms with van der Waals surface area (Å²) in [5.41, 5.74) is 0. The van der Waals surface area contributed by atoms with Gasteiger partial charge in [0.05, 0.1) is 6.04 Å². The molecule has 0 radical (unpaired) electrons. The fourth-order valence-electron chi connectivity index (χ4n) is 1.42. The zero-order chi connectivity index (χ0) is 10.3. The first kappa shape index (κ1) is 12.9. The summed E-state index contributed by atoms with van der Waals surface area (Å²) in [6.07, 6.45) is 5.15. The van der Waals surface area contributed by atoms with E-state index in [0.717, 1.165) is 25.2 Å². The molecule has 3 nitrogen and oxygen atoms in total. The summed E-state index contributed by atoms with van der Waals surface area (Å²) >= 11 is 0. The second-order valence-electron chi connectivity index (χ2n) is 4.06. The predicted molar refractivity (Wildman–Crippen MR) is 52.8 cm³/mol. The van der Waals surface area contributed by atoms with Crippen molar-refractivity contribution in [1.82, 2.24) is 5.23 Å². The Morgan fingerprint density at radius 3 is 2.00 bits per heavy atom. The largest absolute Gasteiger partial charge is 0.289 e. The van der Waals surface area contributed by atoms with E-state index < -0.39 is 0 Å². The van der Waals surface area contributed by atoms with Gasteiger partial charge in [-0.25, -0.2) is 0 Å². The van der Waals surface area contributed by atoms with Crippen LogP contribution in [0, 0.1) is 5.92 Å². The molecule has 80 valence electrons. The summed E-state index contributed by atoms with van der Waals surface area (Å²) in [6, 6.07) is -0.0906. The Kier molecular flexibility index (Phi) is 7.23. The van der Waals surface area contributed by atoms with E-state index in [4.69, 9.17) is 10.4 Å². The van der Waals surface area contributed by atoms with Crippen molar-refractivity contribution < 1.29 is 10.4 Å². The number of unbranched alkanes of at least 4 members (excludes halogenated alkanes) is 1. The quantitative estimate of drug-likeness (QED) is 0.478. The van der Waals surface area contributed by atoms with Crippen LogP contribution in [0.25, 0.3) is 0 Å². The Bertz CT molecular complexity index is 115. The van der Waals surface area contributed by atoms with Crippen molar-refractivity contribution in [3.8, 4) is 0 Å². The van der Waals surface area contributed by atoms with E-state index in [2.05, 4.69) is 13.8 Å². The van der Waals surface area contributed by atoms with Gasteiger partial charge < -0.3 is 0 Å². The van der Waals surface area contributed by atoms with E-state index in [1.54, 1.807) is 0 Å². The van der Waals surface area contributed by atoms with Crippen molar-refractivity contribution in [3.05, 3.63) is 0 Å². The summed E-state index contributed by atoms with van der Waals surface area (Å²) in [5, 5.41) is 18.0. The highest BCUT2D eigenvalue weighted by molar-refractivity contribution is 4.59. The number of hydrogen-bond donors (Lipinski definition) is 2. The molecular weight excluding hydrogens is 166 g/mol. The van der Waals surface area contributed by atoms with Gasteiger partial charge in [-0.3, -0.25) is 10.4 Å². The van der Waals surface area contributed by atoms with Gasteiger partial charge >= 0.3 is 0 Å². The maximum atomic E-state index is 8.81. The highest BCUT2D eigenvalue weighted by Gasteiger charge is 2.11. The van der Waals surface area contributed by atoms with Crippen LogP contribution in [0.3, 0.4) is 0 Å². The van der Waals surface area contributed by atoms with Crippen LogP contribution in [0.15, 0.2) is 0 Å². The van der Waals surface area contributed by atoms with Crippen LogP contribution >= 0.6 is 0 Å². The first-order valence-corrected chi connectivity index (χ1v) is 5.24. The van der Waals surface area contributed by atoms with E-state index in [0.29, 0.717) is 5.23 Å². The summed E-state index contributed by atoms with van der Waals surface area (Å²) in [4.78, 5) is 0. The molecule has 0 aliphatic rings. The first-order chi connectivity index (χ1) is 6.07. The Balaban J connectivity index is 3.39. The van der Waals surface area contributed by atoms with Gasteiger partial charge in [0.2, 0.25) is 0 Å². The molecule has 0 saturated carbocycles. The molecule has 0 amide bonds. The van der Waals surface area contributed by atoms with Crippen molar-refractivity contribution in [1.29, 1.82) is 0 Å². The van der Waals surface area contributed by atoms with Gasteiger partial charge in [0.25, 0.3) is 0 Å². The predicted octanol–water partition coefficient (Wildman–Crippen LogP) is 3.06. The number of nitrogens with zero attached hydrogens (tertiary/aromatic N) is 1. The smallest absolute Gasteiger partial charge is 0.0621 e. The van der Waals surface area contributed by atoms with Crippen molar-refractivity contribution >= 4 is 0 Å². The van der Waals surface area contributed by atoms with Crippen LogP contribution in [-0.2, 0) is 0 Å². The lowest BCUT2D eigenvalue weighted by Gasteiger charge is -2.18. The van der Waals surface area contributed by atoms with Gasteiger partial charge in [-0.1, -0.05) is 45.3 Å². The van der Waals surface area contributed by atoms with Gasteiger partial charge in [0.1, 0.15) is 0 Å². The molecule has 0 heterocycles. The highest BCUT2D eigenvalue weighted by atomic mass is 16.8. The summed E-state index contributed by atoms with van der Waals surface area (Å²) < 4.78 is 0. The Hall–Kier alpha value is -0.120. The lowest BCUT2D eigenvalue weighted by molar-refractivity contribution is -0.333. The molecule has 0 saturated heterocycles. The zero-order valence-corrected chi connectivity index (χ0v) is 9.03. The van der Waals surface area contributed by atoms with Crippen LogP contribution in [0.1, 0.15) is 52.9 Å². The number of hydroxylamine groups is 2. The molecule has 1 atom stereocenters. The molecule has 3 heteroatoms. The molecule has 2 N–H and O–H groups in total. The maximum absolute atomic E-state index is 8.81. The molecule has 0 rings (SSSR count). The second kappa shape index (κ2) is 7.30. The van der Waals surface area contributed by atoms with E-state index >= 15 is 0 Å². The lowest BCUT2D eigenvalue weighted by Crippen LogP contribution is -2.28. The third kappa shape index (κ3) is 6.99. The van der Waals surface area contributed by atoms with Crippen molar-refractivity contribution in [2.75, 3.05) is 0 Å². The molecule has 0 aliphatic carbocycles. The Morgan fingerprint density at radius 1 is 1.08 bits per heavy atom. The summed E-state index contributed by atoms with van der Waals surface area (Å²) in [6.45, 7) is 6.38. The van der Waals surface area contributed by atoms with Crippen LogP contribution < -0.4 is 0 Å². The van der Waals surface area contributed by atoms with E-state index in [-0.39, 0.29) is 6.04 Å². The Labute approximate surface area is 81.3 Å². The fraction of sp³-hybridized carbons (Fsp3) is 1.00. The van der Waals surface area contributed by atoms with Crippen LogP contribution in [0.2, 0.25) is 0 Å².